The summed E-state index contributed by atoms with van der Waals surface area (Å²) in [4.78, 5) is 63.4. The molecule has 3 rings (SSSR count). The van der Waals surface area contributed by atoms with Crippen LogP contribution in [0.25, 0.3) is 0 Å². The predicted molar refractivity (Wildman–Crippen MR) is 121 cm³/mol. The number of amides is 2. The summed E-state index contributed by atoms with van der Waals surface area (Å²) < 4.78 is 15.5. The number of nitrogens with one attached hydrogen (secondary N) is 1. The average molecular weight is 490 g/mol. The molecular formula is C24H31N3O8. The molecule has 0 saturated carbocycles. The number of nitrogens with zero attached hydrogens (tertiary/aromatic N) is 1. The highest BCUT2D eigenvalue weighted by Crippen LogP contribution is 2.42. The summed E-state index contributed by atoms with van der Waals surface area (Å²) in [6.07, 6.45) is -0.863. The van der Waals surface area contributed by atoms with E-state index < -0.39 is 78.1 Å². The van der Waals surface area contributed by atoms with Crippen molar-refractivity contribution in [2.24, 2.45) is 17.1 Å². The van der Waals surface area contributed by atoms with Gasteiger partial charge in [-0.05, 0) is 26.3 Å². The number of benzene rings is 1. The number of nitrogens with two attached hydrogens (primary N) is 1. The molecule has 0 aliphatic carbocycles. The van der Waals surface area contributed by atoms with Crippen molar-refractivity contribution in [2.75, 3.05) is 6.79 Å². The molecule has 0 spiro atoms. The van der Waals surface area contributed by atoms with Crippen molar-refractivity contribution < 1.29 is 38.2 Å². The number of carbonyl (C=O) groups is 5. The smallest absolute Gasteiger partial charge is 0.332 e. The number of hydrogen-bond donors (Lipinski definition) is 2. The van der Waals surface area contributed by atoms with Crippen LogP contribution in [0.1, 0.15) is 46.2 Å². The molecule has 2 fully saturated rings. The Labute approximate surface area is 203 Å². The van der Waals surface area contributed by atoms with Gasteiger partial charge in [-0.2, -0.15) is 0 Å². The van der Waals surface area contributed by atoms with E-state index in [-0.39, 0.29) is 0 Å². The van der Waals surface area contributed by atoms with Crippen LogP contribution in [-0.2, 0) is 38.2 Å². The van der Waals surface area contributed by atoms with Crippen LogP contribution >= 0.6 is 0 Å². The number of hydrogen-bond acceptors (Lipinski definition) is 9. The van der Waals surface area contributed by atoms with Crippen LogP contribution in [0.3, 0.4) is 0 Å². The van der Waals surface area contributed by atoms with Crippen LogP contribution in [0.5, 0.6) is 0 Å². The van der Waals surface area contributed by atoms with E-state index >= 15 is 0 Å². The summed E-state index contributed by atoms with van der Waals surface area (Å²) in [5, 5.41) is 2.63. The van der Waals surface area contributed by atoms with E-state index in [1.807, 2.05) is 0 Å². The van der Waals surface area contributed by atoms with E-state index in [1.54, 1.807) is 58.0 Å². The lowest BCUT2D eigenvalue weighted by atomic mass is 9.91. The van der Waals surface area contributed by atoms with Gasteiger partial charge in [-0.15, -0.1) is 0 Å². The first kappa shape index (κ1) is 26.1. The van der Waals surface area contributed by atoms with Gasteiger partial charge < -0.3 is 30.2 Å². The second-order valence-electron chi connectivity index (χ2n) is 9.75. The number of β-lactam (4-membered cyclic amide) rings is 1. The monoisotopic (exact) mass is 489 g/mol. The lowest BCUT2D eigenvalue weighted by Gasteiger charge is -2.45. The molecule has 1 aromatic carbocycles. The molecule has 0 bridgehead atoms. The fourth-order valence-corrected chi connectivity index (χ4v) is 4.29. The normalized spacial score (nSPS) is 26.2. The van der Waals surface area contributed by atoms with Crippen LogP contribution in [0.4, 0.5) is 0 Å². The first-order chi connectivity index (χ1) is 16.3. The Morgan fingerprint density at radius 1 is 1.11 bits per heavy atom. The summed E-state index contributed by atoms with van der Waals surface area (Å²) in [6, 6.07) is 4.75. The zero-order chi connectivity index (χ0) is 26.1. The van der Waals surface area contributed by atoms with Crippen molar-refractivity contribution in [1.82, 2.24) is 10.2 Å². The van der Waals surface area contributed by atoms with Gasteiger partial charge in [0.1, 0.15) is 24.2 Å². The van der Waals surface area contributed by atoms with Crippen molar-refractivity contribution in [3.63, 3.8) is 0 Å². The molecule has 0 aromatic heterocycles. The minimum atomic E-state index is -1.08. The van der Waals surface area contributed by atoms with Crippen molar-refractivity contribution in [3.8, 4) is 0 Å². The molecule has 0 radical (unpaired) electrons. The third-order valence-electron chi connectivity index (χ3n) is 6.12. The lowest BCUT2D eigenvalue weighted by molar-refractivity contribution is -0.180. The van der Waals surface area contributed by atoms with E-state index in [4.69, 9.17) is 19.9 Å². The van der Waals surface area contributed by atoms with Gasteiger partial charge in [0.25, 0.3) is 0 Å². The van der Waals surface area contributed by atoms with E-state index in [0.717, 1.165) is 0 Å². The van der Waals surface area contributed by atoms with Gasteiger partial charge in [-0.1, -0.05) is 37.3 Å². The van der Waals surface area contributed by atoms with Gasteiger partial charge in [-0.25, -0.2) is 4.79 Å². The van der Waals surface area contributed by atoms with Crippen LogP contribution in [0.15, 0.2) is 30.3 Å². The molecule has 11 heteroatoms. The maximum absolute atomic E-state index is 13.0. The molecule has 1 aromatic rings. The highest BCUT2D eigenvalue weighted by molar-refractivity contribution is 5.99. The lowest BCUT2D eigenvalue weighted by Crippen LogP contribution is -2.73. The molecule has 35 heavy (non-hydrogen) atoms. The van der Waals surface area contributed by atoms with Gasteiger partial charge >= 0.3 is 17.9 Å². The molecule has 6 atom stereocenters. The van der Waals surface area contributed by atoms with Crippen LogP contribution in [-0.4, -0.2) is 65.6 Å². The van der Waals surface area contributed by atoms with E-state index in [9.17, 15) is 24.0 Å². The highest BCUT2D eigenvalue weighted by Gasteiger charge is 2.66. The largest absolute Gasteiger partial charge is 0.460 e. The Morgan fingerprint density at radius 2 is 1.74 bits per heavy atom. The number of ether oxygens (including phenoxy) is 3. The van der Waals surface area contributed by atoms with Gasteiger partial charge in [-0.3, -0.25) is 19.2 Å². The zero-order valence-corrected chi connectivity index (χ0v) is 20.3. The maximum atomic E-state index is 13.0. The van der Waals surface area contributed by atoms with Gasteiger partial charge in [0.2, 0.25) is 18.6 Å². The molecule has 2 heterocycles. The Morgan fingerprint density at radius 3 is 2.31 bits per heavy atom. The van der Waals surface area contributed by atoms with Crippen LogP contribution in [0, 0.1) is 11.3 Å². The maximum Gasteiger partial charge on any atom is 0.332 e. The first-order valence-electron chi connectivity index (χ1n) is 11.3. The van der Waals surface area contributed by atoms with Crippen molar-refractivity contribution >= 4 is 29.7 Å². The minimum Gasteiger partial charge on any atom is -0.460 e. The second kappa shape index (κ2) is 10.0. The third-order valence-corrected chi connectivity index (χ3v) is 6.12. The Balaban J connectivity index is 1.72. The van der Waals surface area contributed by atoms with Crippen LogP contribution in [0.2, 0.25) is 0 Å². The zero-order valence-electron chi connectivity index (χ0n) is 20.3. The number of fused-ring (bicyclic) bond motifs is 1. The quantitative estimate of drug-likeness (QED) is 0.315. The van der Waals surface area contributed by atoms with Crippen molar-refractivity contribution in [1.29, 1.82) is 0 Å². The topological polar surface area (TPSA) is 154 Å². The summed E-state index contributed by atoms with van der Waals surface area (Å²) in [5.41, 5.74) is 5.82. The number of esters is 3. The minimum absolute atomic E-state index is 0.529. The fourth-order valence-electron chi connectivity index (χ4n) is 4.29. The molecule has 3 N–H and O–H groups in total. The summed E-state index contributed by atoms with van der Waals surface area (Å²) in [5.74, 6) is -3.71. The van der Waals surface area contributed by atoms with Crippen molar-refractivity contribution in [2.45, 2.75) is 64.9 Å². The summed E-state index contributed by atoms with van der Waals surface area (Å²) in [6.45, 7) is 7.20. The van der Waals surface area contributed by atoms with E-state index in [1.165, 1.54) is 11.8 Å². The molecular weight excluding hydrogens is 458 g/mol. The Bertz CT molecular complexity index is 1010. The molecule has 5 unspecified atom stereocenters. The average Bonchev–Trinajstić information content (AvgIpc) is 3.04. The fraction of sp³-hybridized carbons (Fsp3) is 0.542. The third kappa shape index (κ3) is 5.29. The molecule has 11 nitrogen and oxygen atoms in total. The molecule has 2 amide bonds. The Kier molecular flexibility index (Phi) is 7.49. The molecule has 2 aliphatic rings. The SMILES string of the molecule is CC(=O)OC1C(C)C(C(=O)OCOC(=O)C(C)(C)C)N2C(=O)C(NC(=O)C(N)c3ccccc3)[C@@H]12. The first-order valence-corrected chi connectivity index (χ1v) is 11.3. The van der Waals surface area contributed by atoms with Crippen LogP contribution < -0.4 is 11.1 Å². The molecule has 2 saturated heterocycles. The van der Waals surface area contributed by atoms with Gasteiger partial charge in [0, 0.05) is 12.8 Å². The number of carbonyl (C=O) groups excluding carboxylic acids is 5. The van der Waals surface area contributed by atoms with Gasteiger partial charge in [0.15, 0.2) is 0 Å². The standard InChI is InChI=1S/C24H31N3O8/c1-12-17(22(31)33-11-34-23(32)24(3,4)5)27-18(19(12)35-13(2)28)16(21(27)30)26-20(29)15(25)14-9-7-6-8-10-14/h6-10,12,15-19H,11,25H2,1-5H3,(H,26,29)/t12?,15?,16?,17?,18-,19?/m0/s1. The van der Waals surface area contributed by atoms with E-state index in [2.05, 4.69) is 5.32 Å². The van der Waals surface area contributed by atoms with Crippen molar-refractivity contribution in [3.05, 3.63) is 35.9 Å². The second-order valence-corrected chi connectivity index (χ2v) is 9.75. The highest BCUT2D eigenvalue weighted by atomic mass is 16.7. The number of rotatable bonds is 7. The summed E-state index contributed by atoms with van der Waals surface area (Å²) in [7, 11) is 0. The molecule has 190 valence electrons. The molecule has 2 aliphatic heterocycles. The Hall–Kier alpha value is -3.47. The summed E-state index contributed by atoms with van der Waals surface area (Å²) >= 11 is 0. The predicted octanol–water partition coefficient (Wildman–Crippen LogP) is 0.422. The van der Waals surface area contributed by atoms with E-state index in [0.29, 0.717) is 5.56 Å². The van der Waals surface area contributed by atoms with Gasteiger partial charge in [0.05, 0.1) is 11.5 Å².